The first-order valence-corrected chi connectivity index (χ1v) is 10.2. The number of rotatable bonds is 7. The molecule has 1 atom stereocenters. The molecule has 1 heterocycles. The number of benzene rings is 3. The Balaban J connectivity index is 1.68. The van der Waals surface area contributed by atoms with Gasteiger partial charge in [-0.25, -0.2) is 4.39 Å². The van der Waals surface area contributed by atoms with Crippen molar-refractivity contribution < 1.29 is 14.1 Å². The number of ether oxygens (including phenoxy) is 1. The van der Waals surface area contributed by atoms with Crippen molar-refractivity contribution in [3.8, 4) is 5.75 Å². The molecule has 0 amide bonds. The van der Waals surface area contributed by atoms with Crippen molar-refractivity contribution in [2.75, 3.05) is 6.54 Å². The molecule has 0 fully saturated rings. The van der Waals surface area contributed by atoms with Gasteiger partial charge in [-0.2, -0.15) is 0 Å². The SMILES string of the molecule is O=[N+]([O-])C[C@H](c1cc(Cl)c(OCc2ccccc2F)c(Cl)c1)c1c[nH]c2ccccc12. The van der Waals surface area contributed by atoms with Gasteiger partial charge in [0.05, 0.1) is 16.0 Å². The molecule has 0 aliphatic rings. The number of para-hydroxylation sites is 1. The Morgan fingerprint density at radius 3 is 2.45 bits per heavy atom. The van der Waals surface area contributed by atoms with E-state index in [0.717, 1.165) is 16.5 Å². The second-order valence-corrected chi connectivity index (χ2v) is 7.87. The lowest BCUT2D eigenvalue weighted by Gasteiger charge is -2.17. The van der Waals surface area contributed by atoms with Gasteiger partial charge in [-0.05, 0) is 35.4 Å². The Morgan fingerprint density at radius 2 is 1.74 bits per heavy atom. The van der Waals surface area contributed by atoms with Crippen molar-refractivity contribution in [1.29, 1.82) is 0 Å². The highest BCUT2D eigenvalue weighted by Crippen LogP contribution is 2.39. The van der Waals surface area contributed by atoms with E-state index in [1.165, 1.54) is 6.07 Å². The van der Waals surface area contributed by atoms with Gasteiger partial charge >= 0.3 is 0 Å². The number of fused-ring (bicyclic) bond motifs is 1. The average molecular weight is 459 g/mol. The molecule has 31 heavy (non-hydrogen) atoms. The van der Waals surface area contributed by atoms with Crippen molar-refractivity contribution in [2.24, 2.45) is 0 Å². The number of H-pyrrole nitrogens is 1. The molecule has 0 aliphatic carbocycles. The number of halogens is 3. The van der Waals surface area contributed by atoms with Gasteiger partial charge in [0.25, 0.3) is 0 Å². The van der Waals surface area contributed by atoms with Gasteiger partial charge in [-0.15, -0.1) is 0 Å². The van der Waals surface area contributed by atoms with Crippen molar-refractivity contribution in [2.45, 2.75) is 12.5 Å². The molecule has 0 spiro atoms. The summed E-state index contributed by atoms with van der Waals surface area (Å²) in [6.45, 7) is -0.379. The standard InChI is InChI=1S/C23H17Cl2FN2O3/c24-19-9-15(10-20(25)23(19)31-13-14-5-1-3-7-21(14)26)18(12-28(29)30)17-11-27-22-8-4-2-6-16(17)22/h1-11,18,27H,12-13H2/t18-/m1/s1. The zero-order valence-corrected chi connectivity index (χ0v) is 17.7. The molecule has 0 unspecified atom stereocenters. The van der Waals surface area contributed by atoms with Crippen LogP contribution in [0.25, 0.3) is 10.9 Å². The third-order valence-corrected chi connectivity index (χ3v) is 5.64. The van der Waals surface area contributed by atoms with Gasteiger partial charge in [0.2, 0.25) is 6.54 Å². The Hall–Kier alpha value is -3.09. The third kappa shape index (κ3) is 4.50. The highest BCUT2D eigenvalue weighted by molar-refractivity contribution is 6.37. The van der Waals surface area contributed by atoms with Crippen LogP contribution in [0.3, 0.4) is 0 Å². The zero-order chi connectivity index (χ0) is 22.0. The Labute approximate surface area is 187 Å². The fourth-order valence-electron chi connectivity index (χ4n) is 3.60. The number of nitro groups is 1. The minimum atomic E-state index is -0.568. The van der Waals surface area contributed by atoms with Crippen LogP contribution in [0.5, 0.6) is 5.75 Å². The quantitative estimate of drug-likeness (QED) is 0.250. The van der Waals surface area contributed by atoms with Crippen molar-refractivity contribution in [3.05, 3.63) is 110 Å². The van der Waals surface area contributed by atoms with Crippen LogP contribution in [0.4, 0.5) is 4.39 Å². The van der Waals surface area contributed by atoms with Crippen LogP contribution in [0.2, 0.25) is 10.0 Å². The van der Waals surface area contributed by atoms with E-state index in [4.69, 9.17) is 27.9 Å². The maximum Gasteiger partial charge on any atom is 0.214 e. The van der Waals surface area contributed by atoms with Crippen LogP contribution in [0.1, 0.15) is 22.6 Å². The van der Waals surface area contributed by atoms with Crippen LogP contribution < -0.4 is 4.74 Å². The lowest BCUT2D eigenvalue weighted by Crippen LogP contribution is -2.14. The van der Waals surface area contributed by atoms with E-state index >= 15 is 0 Å². The second kappa shape index (κ2) is 8.96. The van der Waals surface area contributed by atoms with Crippen LogP contribution in [0, 0.1) is 15.9 Å². The number of aromatic amines is 1. The molecule has 4 aromatic rings. The van der Waals surface area contributed by atoms with E-state index in [9.17, 15) is 14.5 Å². The summed E-state index contributed by atoms with van der Waals surface area (Å²) in [6.07, 6.45) is 1.77. The summed E-state index contributed by atoms with van der Waals surface area (Å²) in [5, 5.41) is 12.7. The number of aromatic nitrogens is 1. The first-order valence-electron chi connectivity index (χ1n) is 9.47. The average Bonchev–Trinajstić information content (AvgIpc) is 3.16. The molecule has 0 radical (unpaired) electrons. The molecule has 8 heteroatoms. The molecule has 0 saturated carbocycles. The van der Waals surface area contributed by atoms with Crippen LogP contribution in [0.15, 0.2) is 66.9 Å². The summed E-state index contributed by atoms with van der Waals surface area (Å²) in [4.78, 5) is 14.2. The smallest absolute Gasteiger partial charge is 0.214 e. The zero-order valence-electron chi connectivity index (χ0n) is 16.1. The minimum Gasteiger partial charge on any atom is -0.486 e. The minimum absolute atomic E-state index is 0.0494. The van der Waals surface area contributed by atoms with E-state index in [1.54, 1.807) is 36.5 Å². The van der Waals surface area contributed by atoms with Gasteiger partial charge < -0.3 is 9.72 Å². The molecule has 0 aliphatic heterocycles. The first kappa shape index (κ1) is 21.2. The van der Waals surface area contributed by atoms with Crippen molar-refractivity contribution in [1.82, 2.24) is 4.98 Å². The third-order valence-electron chi connectivity index (χ3n) is 5.08. The summed E-state index contributed by atoms with van der Waals surface area (Å²) in [5.41, 5.74) is 2.62. The molecule has 4 rings (SSSR count). The molecular weight excluding hydrogens is 442 g/mol. The van der Waals surface area contributed by atoms with Gasteiger partial charge in [0.15, 0.2) is 5.75 Å². The Morgan fingerprint density at radius 1 is 1.06 bits per heavy atom. The molecule has 5 nitrogen and oxygen atoms in total. The predicted octanol–water partition coefficient (Wildman–Crippen LogP) is 6.60. The fourth-order valence-corrected chi connectivity index (χ4v) is 4.21. The van der Waals surface area contributed by atoms with E-state index < -0.39 is 11.7 Å². The fraction of sp³-hybridized carbons (Fsp3) is 0.130. The normalized spacial score (nSPS) is 12.1. The lowest BCUT2D eigenvalue weighted by molar-refractivity contribution is -0.481. The molecule has 0 saturated heterocycles. The van der Waals surface area contributed by atoms with Gasteiger partial charge in [-0.3, -0.25) is 10.1 Å². The summed E-state index contributed by atoms with van der Waals surface area (Å²) >= 11 is 12.8. The first-order chi connectivity index (χ1) is 14.9. The van der Waals surface area contributed by atoms with E-state index in [2.05, 4.69) is 4.98 Å². The summed E-state index contributed by atoms with van der Waals surface area (Å²) in [7, 11) is 0. The second-order valence-electron chi connectivity index (χ2n) is 7.05. The number of hydrogen-bond donors (Lipinski definition) is 1. The molecule has 0 bridgehead atoms. The number of nitrogens with zero attached hydrogens (tertiary/aromatic N) is 1. The Bertz CT molecular complexity index is 1240. The largest absolute Gasteiger partial charge is 0.486 e. The molecule has 1 N–H and O–H groups in total. The summed E-state index contributed by atoms with van der Waals surface area (Å²) < 4.78 is 19.5. The van der Waals surface area contributed by atoms with Crippen molar-refractivity contribution in [3.63, 3.8) is 0 Å². The van der Waals surface area contributed by atoms with Gasteiger partial charge in [-0.1, -0.05) is 59.6 Å². The van der Waals surface area contributed by atoms with Crippen LogP contribution in [-0.2, 0) is 6.61 Å². The van der Waals surface area contributed by atoms with Gasteiger partial charge in [0.1, 0.15) is 12.4 Å². The molecule has 3 aromatic carbocycles. The topological polar surface area (TPSA) is 68.2 Å². The summed E-state index contributed by atoms with van der Waals surface area (Å²) in [5.74, 6) is -0.757. The van der Waals surface area contributed by atoms with E-state index in [1.807, 2.05) is 24.3 Å². The number of hydrogen-bond acceptors (Lipinski definition) is 3. The predicted molar refractivity (Wildman–Crippen MR) is 119 cm³/mol. The van der Waals surface area contributed by atoms with E-state index in [-0.39, 0.29) is 33.9 Å². The lowest BCUT2D eigenvalue weighted by atomic mass is 9.91. The summed E-state index contributed by atoms with van der Waals surface area (Å²) in [6, 6.07) is 17.0. The van der Waals surface area contributed by atoms with Gasteiger partial charge in [0, 0.05) is 27.6 Å². The monoisotopic (exact) mass is 458 g/mol. The maximum atomic E-state index is 13.9. The molecule has 158 valence electrons. The van der Waals surface area contributed by atoms with Crippen LogP contribution >= 0.6 is 23.2 Å². The van der Waals surface area contributed by atoms with Crippen molar-refractivity contribution >= 4 is 34.1 Å². The highest BCUT2D eigenvalue weighted by atomic mass is 35.5. The van der Waals surface area contributed by atoms with Crippen LogP contribution in [-0.4, -0.2) is 16.5 Å². The molecular formula is C23H17Cl2FN2O3. The highest BCUT2D eigenvalue weighted by Gasteiger charge is 2.25. The Kier molecular flexibility index (Phi) is 6.11. The maximum absolute atomic E-state index is 13.9. The number of nitrogens with one attached hydrogen (secondary N) is 1. The van der Waals surface area contributed by atoms with E-state index in [0.29, 0.717) is 11.1 Å². The molecule has 1 aromatic heterocycles.